The average molecular weight is 226 g/mol. The number of ether oxygens (including phenoxy) is 1. The van der Waals surface area contributed by atoms with Crippen LogP contribution in [-0.2, 0) is 11.3 Å². The Bertz CT molecular complexity index is 404. The van der Waals surface area contributed by atoms with E-state index in [1.807, 2.05) is 0 Å². The first-order chi connectivity index (χ1) is 7.54. The maximum absolute atomic E-state index is 11.5. The SMILES string of the molecule is CCOC(=O)c1cc(=O)n(CCC(C)C)[nH]1. The van der Waals surface area contributed by atoms with Gasteiger partial charge in [-0.25, -0.2) is 4.79 Å². The molecule has 0 aromatic carbocycles. The van der Waals surface area contributed by atoms with E-state index in [0.29, 0.717) is 19.1 Å². The van der Waals surface area contributed by atoms with Crippen molar-refractivity contribution in [2.75, 3.05) is 6.61 Å². The van der Waals surface area contributed by atoms with E-state index >= 15 is 0 Å². The molecule has 1 aromatic rings. The number of hydrogen-bond donors (Lipinski definition) is 1. The molecule has 0 saturated heterocycles. The third-order valence-electron chi connectivity index (χ3n) is 2.21. The van der Waals surface area contributed by atoms with E-state index in [1.54, 1.807) is 6.92 Å². The number of rotatable bonds is 5. The van der Waals surface area contributed by atoms with Crippen LogP contribution in [0.4, 0.5) is 0 Å². The number of carbonyl (C=O) groups excluding carboxylic acids is 1. The number of carbonyl (C=O) groups is 1. The van der Waals surface area contributed by atoms with E-state index in [1.165, 1.54) is 10.7 Å². The zero-order valence-corrected chi connectivity index (χ0v) is 9.95. The second kappa shape index (κ2) is 5.53. The topological polar surface area (TPSA) is 64.1 Å². The van der Waals surface area contributed by atoms with Crippen LogP contribution < -0.4 is 5.56 Å². The fourth-order valence-electron chi connectivity index (χ4n) is 1.30. The van der Waals surface area contributed by atoms with Crippen molar-refractivity contribution in [3.63, 3.8) is 0 Å². The molecule has 0 aliphatic rings. The average Bonchev–Trinajstić information content (AvgIpc) is 2.57. The summed E-state index contributed by atoms with van der Waals surface area (Å²) in [7, 11) is 0. The number of aromatic nitrogens is 2. The molecule has 5 nitrogen and oxygen atoms in total. The fraction of sp³-hybridized carbons (Fsp3) is 0.636. The van der Waals surface area contributed by atoms with E-state index in [2.05, 4.69) is 18.9 Å². The first kappa shape index (κ1) is 12.5. The highest BCUT2D eigenvalue weighted by atomic mass is 16.5. The molecule has 1 aromatic heterocycles. The molecule has 1 N–H and O–H groups in total. The fourth-order valence-corrected chi connectivity index (χ4v) is 1.30. The van der Waals surface area contributed by atoms with Crippen molar-refractivity contribution in [3.8, 4) is 0 Å². The Balaban J connectivity index is 2.74. The third-order valence-corrected chi connectivity index (χ3v) is 2.21. The lowest BCUT2D eigenvalue weighted by Crippen LogP contribution is -2.17. The summed E-state index contributed by atoms with van der Waals surface area (Å²) >= 11 is 0. The van der Waals surface area contributed by atoms with Crippen LogP contribution in [0, 0.1) is 5.92 Å². The number of hydrogen-bond acceptors (Lipinski definition) is 3. The number of esters is 1. The Labute approximate surface area is 94.4 Å². The van der Waals surface area contributed by atoms with Gasteiger partial charge in [0.15, 0.2) is 0 Å². The zero-order valence-electron chi connectivity index (χ0n) is 9.95. The van der Waals surface area contributed by atoms with Crippen LogP contribution in [0.2, 0.25) is 0 Å². The lowest BCUT2D eigenvalue weighted by molar-refractivity contribution is 0.0518. The Hall–Kier alpha value is -1.52. The molecule has 0 aliphatic carbocycles. The maximum atomic E-state index is 11.5. The number of H-pyrrole nitrogens is 1. The highest BCUT2D eigenvalue weighted by Crippen LogP contribution is 2.01. The molecular formula is C11H18N2O3. The molecule has 0 spiro atoms. The maximum Gasteiger partial charge on any atom is 0.356 e. The van der Waals surface area contributed by atoms with Gasteiger partial charge in [0.05, 0.1) is 6.61 Å². The van der Waals surface area contributed by atoms with E-state index in [4.69, 9.17) is 4.74 Å². The quantitative estimate of drug-likeness (QED) is 0.772. The van der Waals surface area contributed by atoms with Gasteiger partial charge in [-0.15, -0.1) is 0 Å². The van der Waals surface area contributed by atoms with Gasteiger partial charge in [-0.3, -0.25) is 14.6 Å². The van der Waals surface area contributed by atoms with E-state index in [-0.39, 0.29) is 11.3 Å². The molecule has 0 radical (unpaired) electrons. The molecule has 0 unspecified atom stereocenters. The van der Waals surface area contributed by atoms with Crippen molar-refractivity contribution >= 4 is 5.97 Å². The second-order valence-electron chi connectivity index (χ2n) is 4.06. The molecule has 90 valence electrons. The standard InChI is InChI=1S/C11H18N2O3/c1-4-16-11(15)9-7-10(14)13(12-9)6-5-8(2)3/h7-8,12H,4-6H2,1-3H3. The Morgan fingerprint density at radius 3 is 2.81 bits per heavy atom. The smallest absolute Gasteiger partial charge is 0.356 e. The van der Waals surface area contributed by atoms with Gasteiger partial charge in [-0.05, 0) is 19.3 Å². The molecular weight excluding hydrogens is 208 g/mol. The van der Waals surface area contributed by atoms with Crippen LogP contribution in [0.3, 0.4) is 0 Å². The molecule has 0 amide bonds. The van der Waals surface area contributed by atoms with E-state index in [9.17, 15) is 9.59 Å². The van der Waals surface area contributed by atoms with Gasteiger partial charge in [-0.2, -0.15) is 0 Å². The minimum atomic E-state index is -0.483. The molecule has 0 fully saturated rings. The second-order valence-corrected chi connectivity index (χ2v) is 4.06. The summed E-state index contributed by atoms with van der Waals surface area (Å²) in [6, 6.07) is 1.28. The third kappa shape index (κ3) is 3.25. The highest BCUT2D eigenvalue weighted by Gasteiger charge is 2.11. The monoisotopic (exact) mass is 226 g/mol. The molecule has 0 saturated carbocycles. The van der Waals surface area contributed by atoms with Crippen molar-refractivity contribution in [3.05, 3.63) is 22.1 Å². The summed E-state index contributed by atoms with van der Waals surface area (Å²) in [4.78, 5) is 22.8. The van der Waals surface area contributed by atoms with Gasteiger partial charge in [0.2, 0.25) is 0 Å². The molecule has 5 heteroatoms. The van der Waals surface area contributed by atoms with Gasteiger partial charge in [-0.1, -0.05) is 13.8 Å². The van der Waals surface area contributed by atoms with Gasteiger partial charge in [0.1, 0.15) is 5.69 Å². The van der Waals surface area contributed by atoms with Gasteiger partial charge >= 0.3 is 5.97 Å². The van der Waals surface area contributed by atoms with E-state index in [0.717, 1.165) is 6.42 Å². The van der Waals surface area contributed by atoms with Crippen LogP contribution >= 0.6 is 0 Å². The minimum absolute atomic E-state index is 0.191. The lowest BCUT2D eigenvalue weighted by Gasteiger charge is -2.04. The van der Waals surface area contributed by atoms with Crippen LogP contribution in [-0.4, -0.2) is 22.4 Å². The summed E-state index contributed by atoms with van der Waals surface area (Å²) in [6.07, 6.45) is 0.892. The Kier molecular flexibility index (Phi) is 4.34. The molecule has 16 heavy (non-hydrogen) atoms. The highest BCUT2D eigenvalue weighted by molar-refractivity contribution is 5.86. The van der Waals surface area contributed by atoms with Crippen molar-refractivity contribution in [1.29, 1.82) is 0 Å². The Morgan fingerprint density at radius 1 is 1.56 bits per heavy atom. The zero-order chi connectivity index (χ0) is 12.1. The summed E-state index contributed by atoms with van der Waals surface area (Å²) in [5.41, 5.74) is 0.0271. The van der Waals surface area contributed by atoms with Crippen LogP contribution in [0.5, 0.6) is 0 Å². The van der Waals surface area contributed by atoms with Crippen LogP contribution in [0.1, 0.15) is 37.7 Å². The summed E-state index contributed by atoms with van der Waals surface area (Å²) < 4.78 is 6.24. The number of aryl methyl sites for hydroxylation is 1. The van der Waals surface area contributed by atoms with Gasteiger partial charge < -0.3 is 4.74 Å². The Morgan fingerprint density at radius 2 is 2.25 bits per heavy atom. The van der Waals surface area contributed by atoms with Crippen molar-refractivity contribution < 1.29 is 9.53 Å². The van der Waals surface area contributed by atoms with Gasteiger partial charge in [0, 0.05) is 12.6 Å². The van der Waals surface area contributed by atoms with Gasteiger partial charge in [0.25, 0.3) is 5.56 Å². The summed E-state index contributed by atoms with van der Waals surface area (Å²) in [5.74, 6) is 0.0316. The first-order valence-electron chi connectivity index (χ1n) is 5.51. The van der Waals surface area contributed by atoms with E-state index < -0.39 is 5.97 Å². The summed E-state index contributed by atoms with van der Waals surface area (Å²) in [5, 5.41) is 2.75. The first-order valence-corrected chi connectivity index (χ1v) is 5.51. The number of nitrogens with zero attached hydrogens (tertiary/aromatic N) is 1. The van der Waals surface area contributed by atoms with Crippen molar-refractivity contribution in [2.24, 2.45) is 5.92 Å². The number of nitrogens with one attached hydrogen (secondary N) is 1. The van der Waals surface area contributed by atoms with Crippen LogP contribution in [0.25, 0.3) is 0 Å². The molecule has 1 heterocycles. The minimum Gasteiger partial charge on any atom is -0.461 e. The number of aromatic amines is 1. The predicted molar refractivity (Wildman–Crippen MR) is 60.5 cm³/mol. The molecule has 0 bridgehead atoms. The lowest BCUT2D eigenvalue weighted by atomic mass is 10.1. The van der Waals surface area contributed by atoms with Crippen molar-refractivity contribution in [2.45, 2.75) is 33.7 Å². The van der Waals surface area contributed by atoms with Crippen molar-refractivity contribution in [1.82, 2.24) is 9.78 Å². The predicted octanol–water partition coefficient (Wildman–Crippen LogP) is 1.40. The largest absolute Gasteiger partial charge is 0.461 e. The van der Waals surface area contributed by atoms with Crippen LogP contribution in [0.15, 0.2) is 10.9 Å². The summed E-state index contributed by atoms with van der Waals surface area (Å²) in [6.45, 7) is 6.79. The molecule has 1 rings (SSSR count). The normalized spacial score (nSPS) is 10.8. The molecule has 0 aliphatic heterocycles. The molecule has 0 atom stereocenters.